The fraction of sp³-hybridized carbons (Fsp3) is 0.594. The summed E-state index contributed by atoms with van der Waals surface area (Å²) < 4.78 is 6.09. The summed E-state index contributed by atoms with van der Waals surface area (Å²) in [6.45, 7) is 8.29. The third-order valence-corrected chi connectivity index (χ3v) is 9.00. The number of allylic oxidation sites excluding steroid dienone is 2. The monoisotopic (exact) mass is 565 g/mol. The first-order valence-corrected chi connectivity index (χ1v) is 15.1. The van der Waals surface area contributed by atoms with Gasteiger partial charge < -0.3 is 19.9 Å². The second kappa shape index (κ2) is 13.4. The van der Waals surface area contributed by atoms with Gasteiger partial charge in [0.1, 0.15) is 5.75 Å². The van der Waals surface area contributed by atoms with Gasteiger partial charge in [-0.25, -0.2) is 0 Å². The number of carboxylic acid groups (broad SMARTS) is 1. The maximum absolute atomic E-state index is 13.6. The molecule has 2 amide bonds. The second-order valence-electron chi connectivity index (χ2n) is 12.1. The van der Waals surface area contributed by atoms with Gasteiger partial charge in [0.15, 0.2) is 0 Å². The van der Waals surface area contributed by atoms with Gasteiger partial charge in [0.25, 0.3) is 0 Å². The van der Waals surface area contributed by atoms with Crippen LogP contribution in [0.3, 0.4) is 0 Å². The van der Waals surface area contributed by atoms with E-state index in [0.29, 0.717) is 50.7 Å². The Morgan fingerprint density at radius 3 is 2.41 bits per heavy atom. The molecule has 0 saturated carbocycles. The third kappa shape index (κ3) is 6.95. The summed E-state index contributed by atoms with van der Waals surface area (Å²) in [5, 5.41) is 29.8. The van der Waals surface area contributed by atoms with Gasteiger partial charge in [-0.2, -0.15) is 0 Å². The first-order valence-electron chi connectivity index (χ1n) is 15.1. The number of unbranched alkanes of at least 4 members (excludes halogenated alkanes) is 2. The number of nitrogens with zero attached hydrogens (tertiary/aromatic N) is 1. The summed E-state index contributed by atoms with van der Waals surface area (Å²) >= 11 is 0. The first-order chi connectivity index (χ1) is 19.5. The van der Waals surface area contributed by atoms with Gasteiger partial charge in [-0.05, 0) is 106 Å². The highest BCUT2D eigenvalue weighted by Crippen LogP contribution is 2.50. The molecule has 1 aromatic carbocycles. The lowest BCUT2D eigenvalue weighted by molar-refractivity contribution is -0.141. The number of carbonyl (C=O) groups is 3. The molecule has 3 aliphatic rings. The number of imide groups is 1. The van der Waals surface area contributed by atoms with Crippen molar-refractivity contribution in [2.45, 2.75) is 97.9 Å². The number of hydrogen-bond donors (Lipinski definition) is 3. The van der Waals surface area contributed by atoms with E-state index in [-0.39, 0.29) is 30.3 Å². The summed E-state index contributed by atoms with van der Waals surface area (Å²) in [6, 6.07) is 3.98. The molecule has 222 valence electrons. The minimum absolute atomic E-state index is 0.0876. The van der Waals surface area contributed by atoms with E-state index in [1.807, 2.05) is 32.9 Å². The summed E-state index contributed by atoms with van der Waals surface area (Å²) in [4.78, 5) is 39.0. The number of likely N-dealkylation sites (tertiary alicyclic amines) is 1. The zero-order valence-electron chi connectivity index (χ0n) is 24.8. The number of aryl methyl sites for hydroxylation is 2. The summed E-state index contributed by atoms with van der Waals surface area (Å²) in [6.07, 6.45) is 7.92. The van der Waals surface area contributed by atoms with E-state index in [9.17, 15) is 24.5 Å². The van der Waals surface area contributed by atoms with Crippen molar-refractivity contribution in [3.05, 3.63) is 45.5 Å². The van der Waals surface area contributed by atoms with Gasteiger partial charge in [0.05, 0.1) is 17.9 Å². The fourth-order valence-corrected chi connectivity index (χ4v) is 7.14. The van der Waals surface area contributed by atoms with Crippen LogP contribution < -0.4 is 0 Å². The average Bonchev–Trinajstić information content (AvgIpc) is 3.14. The zero-order valence-corrected chi connectivity index (χ0v) is 24.8. The molecule has 41 heavy (non-hydrogen) atoms. The number of carbonyl (C=O) groups excluding carboxylic acids is 2. The Balaban J connectivity index is 1.49. The summed E-state index contributed by atoms with van der Waals surface area (Å²) in [5.41, 5.74) is 6.17. The molecule has 3 N–H and O–H groups in total. The van der Waals surface area contributed by atoms with Crippen LogP contribution in [0.5, 0.6) is 5.75 Å². The van der Waals surface area contributed by atoms with Gasteiger partial charge in [-0.1, -0.05) is 37.0 Å². The topological polar surface area (TPSA) is 124 Å². The Labute approximate surface area is 243 Å². The molecule has 0 aromatic heterocycles. The number of amides is 2. The molecule has 9 heteroatoms. The van der Waals surface area contributed by atoms with Crippen LogP contribution in [-0.4, -0.2) is 57.7 Å². The number of aromatic hydroxyl groups is 1. The molecule has 4 atom stereocenters. The number of fused-ring (bicyclic) bond motifs is 3. The highest BCUT2D eigenvalue weighted by molar-refractivity contribution is 6.43. The maximum atomic E-state index is 13.6. The number of phenolic OH excluding ortho intramolecular Hbond substituents is 1. The SMILES string of the molecule is CCC/C(=C\c1cc(C)c(O)c(C)c1)CC[C@H]1OB(O)C[C@H]2C1=C(C)C[C@H]1C(=O)N(CCCCCC(=O)O)C(=O)[C@H]12. The van der Waals surface area contributed by atoms with E-state index >= 15 is 0 Å². The van der Waals surface area contributed by atoms with Crippen LogP contribution in [0, 0.1) is 31.6 Å². The predicted octanol–water partition coefficient (Wildman–Crippen LogP) is 5.43. The van der Waals surface area contributed by atoms with Gasteiger partial charge in [-0.3, -0.25) is 19.3 Å². The van der Waals surface area contributed by atoms with E-state index < -0.39 is 24.9 Å². The van der Waals surface area contributed by atoms with Gasteiger partial charge in [-0.15, -0.1) is 0 Å². The molecular weight excluding hydrogens is 521 g/mol. The van der Waals surface area contributed by atoms with Crippen molar-refractivity contribution in [2.24, 2.45) is 17.8 Å². The number of rotatable bonds is 12. The zero-order chi connectivity index (χ0) is 29.8. The molecule has 1 aromatic rings. The molecule has 2 saturated heterocycles. The predicted molar refractivity (Wildman–Crippen MR) is 158 cm³/mol. The minimum atomic E-state index is -0.991. The van der Waals surface area contributed by atoms with Crippen LogP contribution in [0.2, 0.25) is 6.32 Å². The van der Waals surface area contributed by atoms with Crippen molar-refractivity contribution in [3.8, 4) is 5.75 Å². The van der Waals surface area contributed by atoms with Crippen LogP contribution >= 0.6 is 0 Å². The lowest BCUT2D eigenvalue weighted by Gasteiger charge is -2.42. The van der Waals surface area contributed by atoms with Crippen molar-refractivity contribution >= 4 is 31.0 Å². The van der Waals surface area contributed by atoms with Gasteiger partial charge in [0, 0.05) is 13.0 Å². The van der Waals surface area contributed by atoms with Crippen molar-refractivity contribution in [1.29, 1.82) is 0 Å². The van der Waals surface area contributed by atoms with Crippen molar-refractivity contribution in [3.63, 3.8) is 0 Å². The molecular formula is C32H44BNO7. The molecule has 2 fully saturated rings. The number of aliphatic carboxylic acids is 1. The third-order valence-electron chi connectivity index (χ3n) is 9.00. The Morgan fingerprint density at radius 1 is 1.05 bits per heavy atom. The number of hydrogen-bond acceptors (Lipinski definition) is 6. The van der Waals surface area contributed by atoms with Crippen LogP contribution in [0.25, 0.3) is 6.08 Å². The van der Waals surface area contributed by atoms with Crippen molar-refractivity contribution < 1.29 is 34.3 Å². The second-order valence-corrected chi connectivity index (χ2v) is 12.1. The van der Waals surface area contributed by atoms with Crippen molar-refractivity contribution in [2.75, 3.05) is 6.54 Å². The molecule has 0 unspecified atom stereocenters. The molecule has 1 aliphatic carbocycles. The van der Waals surface area contributed by atoms with Crippen LogP contribution in [0.15, 0.2) is 28.9 Å². The quantitative estimate of drug-likeness (QED) is 0.134. The molecule has 0 bridgehead atoms. The lowest BCUT2D eigenvalue weighted by atomic mass is 9.58. The Bertz CT molecular complexity index is 1220. The van der Waals surface area contributed by atoms with Crippen LogP contribution in [0.1, 0.15) is 88.3 Å². The van der Waals surface area contributed by atoms with Crippen LogP contribution in [-0.2, 0) is 19.0 Å². The van der Waals surface area contributed by atoms with E-state index in [0.717, 1.165) is 47.1 Å². The minimum Gasteiger partial charge on any atom is -0.507 e. The van der Waals surface area contributed by atoms with E-state index in [4.69, 9.17) is 9.76 Å². The van der Waals surface area contributed by atoms with E-state index in [1.54, 1.807) is 0 Å². The normalized spacial score (nSPS) is 24.7. The lowest BCUT2D eigenvalue weighted by Crippen LogP contribution is -2.46. The molecule has 2 aliphatic heterocycles. The van der Waals surface area contributed by atoms with Crippen molar-refractivity contribution in [1.82, 2.24) is 4.90 Å². The molecule has 4 rings (SSSR count). The van der Waals surface area contributed by atoms with E-state index in [2.05, 4.69) is 13.0 Å². The maximum Gasteiger partial charge on any atom is 0.455 e. The van der Waals surface area contributed by atoms with Gasteiger partial charge >= 0.3 is 13.1 Å². The molecule has 8 nitrogen and oxygen atoms in total. The molecule has 2 heterocycles. The standard InChI is InChI=1S/C32H44BNO7/c1-5-9-22(17-23-14-20(3)30(37)21(4)15-23)11-12-26-28-19(2)16-24-29(25(28)18-33(40)41-26)32(39)34(31(24)38)13-8-6-7-10-27(35)36/h14-15,17,24-26,29,37,40H,5-13,16,18H2,1-4H3,(H,35,36)/b22-17+/t24-,25+,26-,29-/m1/s1. The Kier molecular flexibility index (Phi) is 10.1. The average molecular weight is 566 g/mol. The highest BCUT2D eigenvalue weighted by Gasteiger charge is 2.56. The van der Waals surface area contributed by atoms with Gasteiger partial charge in [0.2, 0.25) is 11.8 Å². The summed E-state index contributed by atoms with van der Waals surface area (Å²) in [5.74, 6) is -1.92. The first kappa shape index (κ1) is 31.0. The van der Waals surface area contributed by atoms with E-state index in [1.165, 1.54) is 10.5 Å². The van der Waals surface area contributed by atoms with Crippen LogP contribution in [0.4, 0.5) is 0 Å². The molecule has 0 radical (unpaired) electrons. The number of benzene rings is 1. The smallest absolute Gasteiger partial charge is 0.455 e. The number of carboxylic acids is 1. The number of phenols is 1. The fourth-order valence-electron chi connectivity index (χ4n) is 7.14. The Hall–Kier alpha value is -2.91. The Morgan fingerprint density at radius 2 is 1.76 bits per heavy atom. The summed E-state index contributed by atoms with van der Waals surface area (Å²) in [7, 11) is -0.991. The highest BCUT2D eigenvalue weighted by atomic mass is 16.5. The molecule has 0 spiro atoms. The largest absolute Gasteiger partial charge is 0.507 e.